The first-order valence-corrected chi connectivity index (χ1v) is 8.21. The maximum Gasteiger partial charge on any atom is 0.260 e. The molecule has 1 heterocycles. The molecule has 5 heteroatoms. The summed E-state index contributed by atoms with van der Waals surface area (Å²) in [5.74, 6) is 1.01. The largest absolute Gasteiger partial charge is 0.311 e. The van der Waals surface area contributed by atoms with Crippen molar-refractivity contribution in [2.24, 2.45) is 0 Å². The van der Waals surface area contributed by atoms with Crippen molar-refractivity contribution < 1.29 is 0 Å². The Hall–Kier alpha value is -0.970. The Morgan fingerprint density at radius 3 is 2.85 bits per heavy atom. The maximum absolute atomic E-state index is 12.6. The van der Waals surface area contributed by atoms with Crippen LogP contribution in [0.5, 0.6) is 0 Å². The molecule has 0 fully saturated rings. The van der Waals surface area contributed by atoms with Gasteiger partial charge in [-0.1, -0.05) is 49.5 Å². The van der Waals surface area contributed by atoms with E-state index in [1.54, 1.807) is 18.0 Å². The maximum atomic E-state index is 12.6. The van der Waals surface area contributed by atoms with Crippen molar-refractivity contribution >= 4 is 34.3 Å². The minimum absolute atomic E-state index is 0.00764. The summed E-state index contributed by atoms with van der Waals surface area (Å²) in [6.07, 6.45) is 0.832. The number of hydrogen-bond donors (Lipinski definition) is 1. The highest BCUT2D eigenvalue weighted by molar-refractivity contribution is 7.97. The second kappa shape index (κ2) is 7.16. The van der Waals surface area contributed by atoms with Crippen LogP contribution in [-0.2, 0) is 13.0 Å². The van der Waals surface area contributed by atoms with Gasteiger partial charge in [-0.05, 0) is 23.9 Å². The first-order chi connectivity index (χ1) is 9.69. The normalized spacial score (nSPS) is 11.2. The Morgan fingerprint density at radius 2 is 2.15 bits per heavy atom. The minimum atomic E-state index is 0.00764. The second-order valence-electron chi connectivity index (χ2n) is 4.48. The molecule has 1 aromatic carbocycles. The first-order valence-electron chi connectivity index (χ1n) is 6.84. The molecule has 0 aliphatic heterocycles. The molecule has 0 unspecified atom stereocenters. The van der Waals surface area contributed by atoms with Crippen LogP contribution in [-0.4, -0.2) is 16.9 Å². The number of aryl methyl sites for hydroxylation is 1. The molecule has 108 valence electrons. The van der Waals surface area contributed by atoms with Crippen molar-refractivity contribution in [2.45, 2.75) is 26.8 Å². The number of hydrogen-bond acceptors (Lipinski definition) is 3. The van der Waals surface area contributed by atoms with Crippen molar-refractivity contribution in [1.82, 2.24) is 9.29 Å². The lowest BCUT2D eigenvalue weighted by Crippen LogP contribution is -2.27. The van der Waals surface area contributed by atoms with E-state index in [1.807, 2.05) is 16.7 Å². The van der Waals surface area contributed by atoms with Gasteiger partial charge >= 0.3 is 0 Å². The van der Waals surface area contributed by atoms with Crippen LogP contribution in [0.4, 0.5) is 0 Å². The Balaban J connectivity index is 2.44. The van der Waals surface area contributed by atoms with Crippen LogP contribution in [0.15, 0.2) is 29.1 Å². The van der Waals surface area contributed by atoms with Gasteiger partial charge in [0.1, 0.15) is 0 Å². The summed E-state index contributed by atoms with van der Waals surface area (Å²) < 4.78 is 5.08. The summed E-state index contributed by atoms with van der Waals surface area (Å²) in [6.45, 7) is 5.59. The molecule has 0 atom stereocenters. The minimum Gasteiger partial charge on any atom is -0.311 e. The molecule has 20 heavy (non-hydrogen) atoms. The molecule has 1 N–H and O–H groups in total. The number of halogens is 1. The van der Waals surface area contributed by atoms with E-state index < -0.39 is 0 Å². The van der Waals surface area contributed by atoms with E-state index in [-0.39, 0.29) is 5.56 Å². The van der Waals surface area contributed by atoms with Crippen LogP contribution in [0.25, 0.3) is 10.8 Å². The zero-order valence-corrected chi connectivity index (χ0v) is 13.4. The molecule has 0 radical (unpaired) electrons. The lowest BCUT2D eigenvalue weighted by molar-refractivity contribution is 0.637. The molecule has 3 nitrogen and oxygen atoms in total. The van der Waals surface area contributed by atoms with E-state index in [1.165, 1.54) is 0 Å². The van der Waals surface area contributed by atoms with E-state index >= 15 is 0 Å². The number of pyridine rings is 1. The monoisotopic (exact) mass is 310 g/mol. The molecule has 0 bridgehead atoms. The van der Waals surface area contributed by atoms with Gasteiger partial charge in [0.05, 0.1) is 10.4 Å². The van der Waals surface area contributed by atoms with Crippen molar-refractivity contribution in [3.63, 3.8) is 0 Å². The average molecular weight is 311 g/mol. The zero-order valence-electron chi connectivity index (χ0n) is 11.8. The molecule has 2 rings (SSSR count). The van der Waals surface area contributed by atoms with Gasteiger partial charge in [0.25, 0.3) is 5.56 Å². The van der Waals surface area contributed by atoms with Gasteiger partial charge in [-0.25, -0.2) is 0 Å². The highest BCUT2D eigenvalue weighted by Crippen LogP contribution is 2.21. The Kier molecular flexibility index (Phi) is 5.52. The number of benzene rings is 1. The summed E-state index contributed by atoms with van der Waals surface area (Å²) >= 11 is 7.84. The molecule has 0 spiro atoms. The van der Waals surface area contributed by atoms with Gasteiger partial charge in [-0.2, -0.15) is 0 Å². The van der Waals surface area contributed by atoms with Gasteiger partial charge in [0.15, 0.2) is 0 Å². The fourth-order valence-electron chi connectivity index (χ4n) is 2.28. The van der Waals surface area contributed by atoms with E-state index in [0.29, 0.717) is 17.0 Å². The number of fused-ring (bicyclic) bond motifs is 1. The number of nitrogens with one attached hydrogen (secondary N) is 1. The fourth-order valence-corrected chi connectivity index (χ4v) is 2.98. The van der Waals surface area contributed by atoms with Crippen LogP contribution < -0.4 is 10.3 Å². The van der Waals surface area contributed by atoms with Crippen molar-refractivity contribution in [3.05, 3.63) is 45.3 Å². The Bertz CT molecular complexity index is 654. The van der Waals surface area contributed by atoms with Gasteiger partial charge < -0.3 is 4.57 Å². The van der Waals surface area contributed by atoms with Gasteiger partial charge in [-0.15, -0.1) is 0 Å². The molecule has 2 aromatic rings. The number of aromatic nitrogens is 1. The molecule has 0 amide bonds. The van der Waals surface area contributed by atoms with Crippen LogP contribution in [0.2, 0.25) is 5.02 Å². The third-order valence-electron chi connectivity index (χ3n) is 3.22. The zero-order chi connectivity index (χ0) is 14.5. The SMILES string of the molecule is CCSNCCn1c(CC)cc2cccc(Cl)c2c1=O. The second-order valence-corrected chi connectivity index (χ2v) is 6.04. The predicted molar refractivity (Wildman–Crippen MR) is 88.7 cm³/mol. The Labute approximate surface area is 128 Å². The van der Waals surface area contributed by atoms with Gasteiger partial charge in [-0.3, -0.25) is 9.52 Å². The van der Waals surface area contributed by atoms with Gasteiger partial charge in [0.2, 0.25) is 0 Å². The summed E-state index contributed by atoms with van der Waals surface area (Å²) in [5, 5.41) is 2.07. The summed E-state index contributed by atoms with van der Waals surface area (Å²) in [6, 6.07) is 7.66. The third-order valence-corrected chi connectivity index (χ3v) is 4.23. The van der Waals surface area contributed by atoms with Crippen molar-refractivity contribution in [1.29, 1.82) is 0 Å². The van der Waals surface area contributed by atoms with E-state index in [2.05, 4.69) is 24.6 Å². The lowest BCUT2D eigenvalue weighted by atomic mass is 10.1. The van der Waals surface area contributed by atoms with Crippen LogP contribution in [0.3, 0.4) is 0 Å². The lowest BCUT2D eigenvalue weighted by Gasteiger charge is -2.14. The molecule has 1 aromatic heterocycles. The molecule has 0 saturated heterocycles. The van der Waals surface area contributed by atoms with Crippen molar-refractivity contribution in [3.8, 4) is 0 Å². The molecular weight excluding hydrogens is 292 g/mol. The van der Waals surface area contributed by atoms with E-state index in [4.69, 9.17) is 11.6 Å². The van der Waals surface area contributed by atoms with Crippen LogP contribution in [0.1, 0.15) is 19.5 Å². The molecule has 0 saturated carbocycles. The summed E-state index contributed by atoms with van der Waals surface area (Å²) in [4.78, 5) is 12.6. The fraction of sp³-hybridized carbons (Fsp3) is 0.400. The Morgan fingerprint density at radius 1 is 1.35 bits per heavy atom. The molecule has 0 aliphatic rings. The van der Waals surface area contributed by atoms with Gasteiger partial charge in [0, 0.05) is 24.5 Å². The third kappa shape index (κ3) is 3.19. The summed E-state index contributed by atoms with van der Waals surface area (Å²) in [5.41, 5.74) is 1.06. The molecular formula is C15H19ClN2OS. The highest BCUT2D eigenvalue weighted by atomic mass is 35.5. The summed E-state index contributed by atoms with van der Waals surface area (Å²) in [7, 11) is 0. The molecule has 0 aliphatic carbocycles. The predicted octanol–water partition coefficient (Wildman–Crippen LogP) is 3.48. The standard InChI is InChI=1S/C15H19ClN2OS/c1-3-12-10-11-6-5-7-13(16)14(11)15(19)18(12)9-8-17-20-4-2/h5-7,10,17H,3-4,8-9H2,1-2H3. The topological polar surface area (TPSA) is 34.0 Å². The number of nitrogens with zero attached hydrogens (tertiary/aromatic N) is 1. The van der Waals surface area contributed by atoms with E-state index in [9.17, 15) is 4.79 Å². The average Bonchev–Trinajstić information content (AvgIpc) is 2.45. The van der Waals surface area contributed by atoms with E-state index in [0.717, 1.165) is 29.8 Å². The van der Waals surface area contributed by atoms with Crippen molar-refractivity contribution in [2.75, 3.05) is 12.3 Å². The van der Waals surface area contributed by atoms with Crippen LogP contribution >= 0.6 is 23.5 Å². The highest BCUT2D eigenvalue weighted by Gasteiger charge is 2.10. The number of rotatable bonds is 6. The van der Waals surface area contributed by atoms with Crippen LogP contribution in [0, 0.1) is 0 Å². The quantitative estimate of drug-likeness (QED) is 0.655. The smallest absolute Gasteiger partial charge is 0.260 e. The first kappa shape index (κ1) is 15.4.